The number of benzene rings is 2. The van der Waals surface area contributed by atoms with E-state index in [2.05, 4.69) is 29.6 Å². The monoisotopic (exact) mass is 492 g/mol. The standard InChI is InChI=1S/C27H28N2O5S/c30-24(31)23-15-35-10-9-29(23)25(32)27-12-16(27)11-17(13-27)28-26(33)34-14-22-20-7-3-1-5-18(20)19-6-2-4-8-21(19)22/h1-8,16-17,22-23H,9-15H2,(H,28,33)(H,30,31)/t16-,17+,23?,27+/m0/s1. The third-order valence-electron chi connectivity index (χ3n) is 8.18. The van der Waals surface area contributed by atoms with E-state index < -0.39 is 23.5 Å². The van der Waals surface area contributed by atoms with Gasteiger partial charge >= 0.3 is 12.1 Å². The lowest BCUT2D eigenvalue weighted by molar-refractivity contribution is -0.151. The molecule has 7 nitrogen and oxygen atoms in total. The van der Waals surface area contributed by atoms with Gasteiger partial charge in [0.1, 0.15) is 12.6 Å². The van der Waals surface area contributed by atoms with Gasteiger partial charge in [-0.1, -0.05) is 48.5 Å². The van der Waals surface area contributed by atoms with Crippen LogP contribution < -0.4 is 5.32 Å². The summed E-state index contributed by atoms with van der Waals surface area (Å²) in [6.07, 6.45) is 1.61. The third kappa shape index (κ3) is 3.78. The van der Waals surface area contributed by atoms with Gasteiger partial charge in [0, 0.05) is 30.0 Å². The summed E-state index contributed by atoms with van der Waals surface area (Å²) in [5, 5.41) is 12.5. The third-order valence-corrected chi connectivity index (χ3v) is 9.20. The maximum absolute atomic E-state index is 13.4. The van der Waals surface area contributed by atoms with Crippen LogP contribution in [0.25, 0.3) is 11.1 Å². The van der Waals surface area contributed by atoms with Crippen LogP contribution >= 0.6 is 11.8 Å². The molecule has 2 amide bonds. The van der Waals surface area contributed by atoms with Gasteiger partial charge in [0.15, 0.2) is 0 Å². The molecule has 1 saturated heterocycles. The first-order valence-corrected chi connectivity index (χ1v) is 13.4. The molecular formula is C27H28N2O5S. The quantitative estimate of drug-likeness (QED) is 0.661. The number of carbonyl (C=O) groups is 3. The van der Waals surface area contributed by atoms with Crippen LogP contribution in [-0.2, 0) is 14.3 Å². The second kappa shape index (κ2) is 8.59. The summed E-state index contributed by atoms with van der Waals surface area (Å²) >= 11 is 1.58. The number of hydrogen-bond acceptors (Lipinski definition) is 5. The van der Waals surface area contributed by atoms with Crippen molar-refractivity contribution in [2.75, 3.05) is 24.7 Å². The Morgan fingerprint density at radius 1 is 1.06 bits per heavy atom. The van der Waals surface area contributed by atoms with E-state index in [-0.39, 0.29) is 30.4 Å². The van der Waals surface area contributed by atoms with Gasteiger partial charge in [0.05, 0.1) is 5.41 Å². The Labute approximate surface area is 208 Å². The minimum absolute atomic E-state index is 0.00275. The topological polar surface area (TPSA) is 95.9 Å². The van der Waals surface area contributed by atoms with Crippen LogP contribution in [0.2, 0.25) is 0 Å². The van der Waals surface area contributed by atoms with Crippen LogP contribution in [-0.4, -0.2) is 64.7 Å². The lowest BCUT2D eigenvalue weighted by atomic mass is 9.98. The second-order valence-electron chi connectivity index (χ2n) is 10.1. The SMILES string of the molecule is O=C(N[C@@H]1C[C@H]2C[C@@]2(C(=O)N2CCSCC2C(=O)O)C1)OCC1c2ccccc2-c2ccccc21. The molecule has 1 aliphatic heterocycles. The number of hydrogen-bond donors (Lipinski definition) is 2. The zero-order valence-corrected chi connectivity index (χ0v) is 20.1. The Morgan fingerprint density at radius 2 is 1.74 bits per heavy atom. The molecule has 0 spiro atoms. The number of alkyl carbamates (subject to hydrolysis) is 1. The number of rotatable bonds is 5. The van der Waals surface area contributed by atoms with E-state index in [0.29, 0.717) is 18.7 Å². The van der Waals surface area contributed by atoms with Gasteiger partial charge in [-0.25, -0.2) is 9.59 Å². The molecule has 2 N–H and O–H groups in total. The van der Waals surface area contributed by atoms with Gasteiger partial charge in [-0.3, -0.25) is 4.79 Å². The first-order valence-electron chi connectivity index (χ1n) is 12.2. The van der Waals surface area contributed by atoms with Gasteiger partial charge in [0.25, 0.3) is 0 Å². The predicted octanol–water partition coefficient (Wildman–Crippen LogP) is 3.72. The van der Waals surface area contributed by atoms with Crippen LogP contribution in [0.1, 0.15) is 36.3 Å². The molecule has 8 heteroatoms. The van der Waals surface area contributed by atoms with Crippen molar-refractivity contribution in [3.05, 3.63) is 59.7 Å². The Morgan fingerprint density at radius 3 is 2.43 bits per heavy atom. The number of thioether (sulfide) groups is 1. The largest absolute Gasteiger partial charge is 0.480 e. The fourth-order valence-electron chi connectivity index (χ4n) is 6.41. The number of carboxylic acids is 1. The highest BCUT2D eigenvalue weighted by Gasteiger charge is 2.66. The lowest BCUT2D eigenvalue weighted by Gasteiger charge is -2.35. The molecule has 2 aromatic rings. The Balaban J connectivity index is 1.07. The summed E-state index contributed by atoms with van der Waals surface area (Å²) in [5.74, 6) is 0.416. The molecule has 4 aliphatic rings. The highest BCUT2D eigenvalue weighted by molar-refractivity contribution is 7.99. The Kier molecular flexibility index (Phi) is 5.51. The second-order valence-corrected chi connectivity index (χ2v) is 11.2. The molecule has 2 saturated carbocycles. The maximum Gasteiger partial charge on any atom is 0.407 e. The van der Waals surface area contributed by atoms with Crippen LogP contribution in [0, 0.1) is 11.3 Å². The molecular weight excluding hydrogens is 464 g/mol. The molecule has 3 aliphatic carbocycles. The van der Waals surface area contributed by atoms with Crippen molar-refractivity contribution in [2.45, 2.75) is 37.3 Å². The summed E-state index contributed by atoms with van der Waals surface area (Å²) in [7, 11) is 0. The van der Waals surface area contributed by atoms with Crippen molar-refractivity contribution < 1.29 is 24.2 Å². The number of nitrogens with zero attached hydrogens (tertiary/aromatic N) is 1. The highest BCUT2D eigenvalue weighted by atomic mass is 32.2. The van der Waals surface area contributed by atoms with Crippen LogP contribution in [0.3, 0.4) is 0 Å². The predicted molar refractivity (Wildman–Crippen MR) is 132 cm³/mol. The number of ether oxygens (including phenoxy) is 1. The number of carbonyl (C=O) groups excluding carboxylic acids is 2. The molecule has 0 aromatic heterocycles. The van der Waals surface area contributed by atoms with Gasteiger partial charge < -0.3 is 20.1 Å². The van der Waals surface area contributed by atoms with Crippen molar-refractivity contribution in [1.82, 2.24) is 10.2 Å². The molecule has 4 atom stereocenters. The zero-order valence-electron chi connectivity index (χ0n) is 19.3. The van der Waals surface area contributed by atoms with Gasteiger partial charge in [-0.05, 0) is 47.4 Å². The van der Waals surface area contributed by atoms with E-state index in [0.717, 1.165) is 18.6 Å². The highest BCUT2D eigenvalue weighted by Crippen LogP contribution is 2.64. The van der Waals surface area contributed by atoms with Crippen LogP contribution in [0.15, 0.2) is 48.5 Å². The van der Waals surface area contributed by atoms with Gasteiger partial charge in [-0.15, -0.1) is 0 Å². The minimum Gasteiger partial charge on any atom is -0.480 e. The van der Waals surface area contributed by atoms with Crippen molar-refractivity contribution in [3.8, 4) is 11.1 Å². The van der Waals surface area contributed by atoms with Crippen molar-refractivity contribution >= 4 is 29.7 Å². The first kappa shape index (κ1) is 22.5. The van der Waals surface area contributed by atoms with Crippen molar-refractivity contribution in [3.63, 3.8) is 0 Å². The summed E-state index contributed by atoms with van der Waals surface area (Å²) < 4.78 is 5.68. The van der Waals surface area contributed by atoms with Crippen molar-refractivity contribution in [2.24, 2.45) is 11.3 Å². The molecule has 1 heterocycles. The van der Waals surface area contributed by atoms with Gasteiger partial charge in [-0.2, -0.15) is 11.8 Å². The number of aliphatic carboxylic acids is 1. The molecule has 0 radical (unpaired) electrons. The Bertz CT molecular complexity index is 1160. The van der Waals surface area contributed by atoms with E-state index in [4.69, 9.17) is 4.74 Å². The first-order chi connectivity index (χ1) is 17.0. The van der Waals surface area contributed by atoms with E-state index in [1.807, 2.05) is 24.3 Å². The Hall–Kier alpha value is -3.00. The number of nitrogens with one attached hydrogen (secondary N) is 1. The summed E-state index contributed by atoms with van der Waals surface area (Å²) in [4.78, 5) is 39.3. The van der Waals surface area contributed by atoms with Crippen molar-refractivity contribution in [1.29, 1.82) is 0 Å². The molecule has 35 heavy (non-hydrogen) atoms. The minimum atomic E-state index is -0.939. The van der Waals surface area contributed by atoms with Crippen LogP contribution in [0.4, 0.5) is 4.79 Å². The van der Waals surface area contributed by atoms with E-state index in [9.17, 15) is 19.5 Å². The normalized spacial score (nSPS) is 28.6. The zero-order chi connectivity index (χ0) is 24.2. The summed E-state index contributed by atoms with van der Waals surface area (Å²) in [5.41, 5.74) is 4.19. The molecule has 182 valence electrons. The van der Waals surface area contributed by atoms with Gasteiger partial charge in [0.2, 0.25) is 5.91 Å². The smallest absolute Gasteiger partial charge is 0.407 e. The fourth-order valence-corrected chi connectivity index (χ4v) is 7.45. The summed E-state index contributed by atoms with van der Waals surface area (Å²) in [6.45, 7) is 0.727. The summed E-state index contributed by atoms with van der Waals surface area (Å²) in [6, 6.07) is 15.6. The number of amides is 2. The average Bonchev–Trinajstić information content (AvgIpc) is 3.30. The van der Waals surface area contributed by atoms with E-state index >= 15 is 0 Å². The molecule has 3 fully saturated rings. The molecule has 6 rings (SSSR count). The van der Waals surface area contributed by atoms with Crippen LogP contribution in [0.5, 0.6) is 0 Å². The van der Waals surface area contributed by atoms with E-state index in [1.165, 1.54) is 22.3 Å². The molecule has 1 unspecified atom stereocenters. The number of carboxylic acid groups (broad SMARTS) is 1. The number of fused-ring (bicyclic) bond motifs is 4. The lowest BCUT2D eigenvalue weighted by Crippen LogP contribution is -2.53. The molecule has 0 bridgehead atoms. The van der Waals surface area contributed by atoms with E-state index in [1.54, 1.807) is 16.7 Å². The fraction of sp³-hybridized carbons (Fsp3) is 0.444. The average molecular weight is 493 g/mol. The maximum atomic E-state index is 13.4. The molecule has 2 aromatic carbocycles.